The van der Waals surface area contributed by atoms with E-state index in [2.05, 4.69) is 18.2 Å². The minimum absolute atomic E-state index is 0.0416. The normalized spacial score (nSPS) is 15.5. The fourth-order valence-corrected chi connectivity index (χ4v) is 0.796. The minimum Gasteiger partial charge on any atom is -0.379 e. The summed E-state index contributed by atoms with van der Waals surface area (Å²) in [6.07, 6.45) is 6.48. The quantitative estimate of drug-likeness (QED) is 0.599. The lowest BCUT2D eigenvalue weighted by atomic mass is 10.2. The second-order valence-electron chi connectivity index (χ2n) is 2.54. The molecular weight excluding hydrogens is 138 g/mol. The van der Waals surface area contributed by atoms with E-state index in [0.717, 1.165) is 13.0 Å². The highest BCUT2D eigenvalue weighted by molar-refractivity contribution is 5.01. The van der Waals surface area contributed by atoms with Crippen LogP contribution in [0.3, 0.4) is 0 Å². The Hall–Kier alpha value is -0.520. The third-order valence-electron chi connectivity index (χ3n) is 1.64. The molecule has 11 heavy (non-hydrogen) atoms. The van der Waals surface area contributed by atoms with Crippen LogP contribution in [0.2, 0.25) is 0 Å². The molecule has 2 atom stereocenters. The van der Waals surface area contributed by atoms with Gasteiger partial charge in [0.25, 0.3) is 0 Å². The molecule has 0 saturated carbocycles. The maximum absolute atomic E-state index is 5.30. The minimum atomic E-state index is 0.0416. The van der Waals surface area contributed by atoms with Gasteiger partial charge in [0, 0.05) is 7.11 Å². The van der Waals surface area contributed by atoms with Crippen LogP contribution in [0.1, 0.15) is 20.3 Å². The summed E-state index contributed by atoms with van der Waals surface area (Å²) >= 11 is 0. The van der Waals surface area contributed by atoms with E-state index in [1.54, 1.807) is 7.11 Å². The van der Waals surface area contributed by atoms with E-state index in [-0.39, 0.29) is 12.1 Å². The Morgan fingerprint density at radius 2 is 2.27 bits per heavy atom. The van der Waals surface area contributed by atoms with Crippen molar-refractivity contribution in [3.8, 4) is 12.3 Å². The first-order valence-electron chi connectivity index (χ1n) is 3.98. The predicted octanol–water partition coefficient (Wildman–Crippen LogP) is 1.02. The van der Waals surface area contributed by atoms with Gasteiger partial charge < -0.3 is 10.1 Å². The molecule has 0 radical (unpaired) electrons. The van der Waals surface area contributed by atoms with Crippen molar-refractivity contribution in [3.63, 3.8) is 0 Å². The maximum atomic E-state index is 5.30. The Kier molecular flexibility index (Phi) is 5.91. The van der Waals surface area contributed by atoms with Crippen LogP contribution in [0.25, 0.3) is 0 Å². The molecule has 0 bridgehead atoms. The summed E-state index contributed by atoms with van der Waals surface area (Å²) in [7, 11) is 1.67. The lowest BCUT2D eigenvalue weighted by molar-refractivity contribution is 0.0998. The third-order valence-corrected chi connectivity index (χ3v) is 1.64. The molecular formula is C9H17NO. The highest BCUT2D eigenvalue weighted by Gasteiger charge is 2.11. The first-order chi connectivity index (χ1) is 5.26. The molecule has 0 amide bonds. The molecule has 0 spiro atoms. The zero-order valence-electron chi connectivity index (χ0n) is 7.55. The number of rotatable bonds is 5. The molecule has 64 valence electrons. The molecule has 0 fully saturated rings. The number of nitrogens with one attached hydrogen (secondary N) is 1. The molecule has 2 nitrogen and oxygen atoms in total. The number of ether oxygens (including phenoxy) is 1. The van der Waals surface area contributed by atoms with Crippen LogP contribution in [-0.2, 0) is 4.74 Å². The van der Waals surface area contributed by atoms with Gasteiger partial charge >= 0.3 is 0 Å². The monoisotopic (exact) mass is 155 g/mol. The Labute approximate surface area is 69.3 Å². The van der Waals surface area contributed by atoms with E-state index in [4.69, 9.17) is 11.2 Å². The van der Waals surface area contributed by atoms with Crippen molar-refractivity contribution in [3.05, 3.63) is 0 Å². The first-order valence-corrected chi connectivity index (χ1v) is 3.98. The summed E-state index contributed by atoms with van der Waals surface area (Å²) in [5, 5.41) is 3.21. The Morgan fingerprint density at radius 1 is 1.64 bits per heavy atom. The van der Waals surface area contributed by atoms with Gasteiger partial charge in [-0.05, 0) is 19.9 Å². The lowest BCUT2D eigenvalue weighted by Gasteiger charge is -2.18. The van der Waals surface area contributed by atoms with Crippen molar-refractivity contribution in [2.24, 2.45) is 0 Å². The van der Waals surface area contributed by atoms with Gasteiger partial charge in [-0.1, -0.05) is 12.8 Å². The SMILES string of the molecule is C#CC(NCCC)C(C)OC. The van der Waals surface area contributed by atoms with Crippen molar-refractivity contribution in [1.82, 2.24) is 5.32 Å². The average Bonchev–Trinajstić information content (AvgIpc) is 2.05. The van der Waals surface area contributed by atoms with Gasteiger partial charge in [0.2, 0.25) is 0 Å². The smallest absolute Gasteiger partial charge is 0.0949 e. The van der Waals surface area contributed by atoms with Gasteiger partial charge in [-0.2, -0.15) is 0 Å². The Balaban J connectivity index is 3.68. The van der Waals surface area contributed by atoms with Crippen molar-refractivity contribution in [2.45, 2.75) is 32.4 Å². The van der Waals surface area contributed by atoms with Crippen LogP contribution in [0.15, 0.2) is 0 Å². The third kappa shape index (κ3) is 4.02. The van der Waals surface area contributed by atoms with Gasteiger partial charge in [-0.3, -0.25) is 0 Å². The number of hydrogen-bond donors (Lipinski definition) is 1. The molecule has 0 aliphatic rings. The van der Waals surface area contributed by atoms with Gasteiger partial charge in [-0.15, -0.1) is 6.42 Å². The first kappa shape index (κ1) is 10.5. The summed E-state index contributed by atoms with van der Waals surface area (Å²) in [6.45, 7) is 5.02. The van der Waals surface area contributed by atoms with Gasteiger partial charge in [0.1, 0.15) is 0 Å². The Morgan fingerprint density at radius 3 is 2.64 bits per heavy atom. The summed E-state index contributed by atoms with van der Waals surface area (Å²) in [5.41, 5.74) is 0. The van der Waals surface area contributed by atoms with E-state index in [1.165, 1.54) is 0 Å². The van der Waals surface area contributed by atoms with Gasteiger partial charge in [-0.25, -0.2) is 0 Å². The average molecular weight is 155 g/mol. The molecule has 1 N–H and O–H groups in total. The largest absolute Gasteiger partial charge is 0.379 e. The summed E-state index contributed by atoms with van der Waals surface area (Å²) in [4.78, 5) is 0. The fraction of sp³-hybridized carbons (Fsp3) is 0.778. The summed E-state index contributed by atoms with van der Waals surface area (Å²) in [5.74, 6) is 2.65. The fourth-order valence-electron chi connectivity index (χ4n) is 0.796. The zero-order valence-corrected chi connectivity index (χ0v) is 7.55. The number of terminal acetylenes is 1. The zero-order chi connectivity index (χ0) is 8.69. The van der Waals surface area contributed by atoms with E-state index in [1.807, 2.05) is 6.92 Å². The molecule has 0 aromatic heterocycles. The highest BCUT2D eigenvalue weighted by Crippen LogP contribution is 1.95. The standard InChI is InChI=1S/C9H17NO/c1-5-7-10-9(6-2)8(3)11-4/h2,8-10H,5,7H2,1,3-4H3. The van der Waals surface area contributed by atoms with Crippen LogP contribution in [0, 0.1) is 12.3 Å². The van der Waals surface area contributed by atoms with Gasteiger partial charge in [0.15, 0.2) is 0 Å². The lowest BCUT2D eigenvalue weighted by Crippen LogP contribution is -2.38. The molecule has 0 aliphatic carbocycles. The van der Waals surface area contributed by atoms with Crippen LogP contribution in [0.5, 0.6) is 0 Å². The van der Waals surface area contributed by atoms with E-state index in [9.17, 15) is 0 Å². The number of methoxy groups -OCH3 is 1. The van der Waals surface area contributed by atoms with Crippen molar-refractivity contribution in [2.75, 3.05) is 13.7 Å². The molecule has 2 unspecified atom stereocenters. The molecule has 0 aromatic carbocycles. The van der Waals surface area contributed by atoms with E-state index in [0.29, 0.717) is 0 Å². The summed E-state index contributed by atoms with van der Waals surface area (Å²) in [6, 6.07) is 0.0416. The Bertz CT molecular complexity index is 128. The van der Waals surface area contributed by atoms with E-state index < -0.39 is 0 Å². The molecule has 0 heterocycles. The highest BCUT2D eigenvalue weighted by atomic mass is 16.5. The van der Waals surface area contributed by atoms with Crippen LogP contribution in [0.4, 0.5) is 0 Å². The van der Waals surface area contributed by atoms with Crippen LogP contribution in [-0.4, -0.2) is 25.8 Å². The number of hydrogen-bond acceptors (Lipinski definition) is 2. The molecule has 0 aliphatic heterocycles. The van der Waals surface area contributed by atoms with Crippen LogP contribution >= 0.6 is 0 Å². The van der Waals surface area contributed by atoms with E-state index >= 15 is 0 Å². The molecule has 2 heteroatoms. The second-order valence-corrected chi connectivity index (χ2v) is 2.54. The van der Waals surface area contributed by atoms with Crippen molar-refractivity contribution >= 4 is 0 Å². The molecule has 0 aromatic rings. The van der Waals surface area contributed by atoms with Crippen molar-refractivity contribution < 1.29 is 4.74 Å². The predicted molar refractivity (Wildman–Crippen MR) is 47.4 cm³/mol. The molecule has 0 saturated heterocycles. The summed E-state index contributed by atoms with van der Waals surface area (Å²) < 4.78 is 5.10. The second kappa shape index (κ2) is 6.21. The maximum Gasteiger partial charge on any atom is 0.0949 e. The molecule has 0 rings (SSSR count). The van der Waals surface area contributed by atoms with Gasteiger partial charge in [0.05, 0.1) is 12.1 Å². The van der Waals surface area contributed by atoms with Crippen LogP contribution < -0.4 is 5.32 Å². The van der Waals surface area contributed by atoms with Crippen molar-refractivity contribution in [1.29, 1.82) is 0 Å². The topological polar surface area (TPSA) is 21.3 Å².